The number of rotatable bonds is 14. The van der Waals surface area contributed by atoms with Gasteiger partial charge in [0.1, 0.15) is 32.0 Å². The zero-order valence-electron chi connectivity index (χ0n) is 16.6. The Labute approximate surface area is 169 Å². The maximum Gasteiger partial charge on any atom is 0.435 e. The lowest BCUT2D eigenvalue weighted by Crippen LogP contribution is -2.55. The molecule has 0 heterocycles. The van der Waals surface area contributed by atoms with Crippen molar-refractivity contribution in [2.45, 2.75) is 19.2 Å². The Morgan fingerprint density at radius 3 is 2.41 bits per heavy atom. The van der Waals surface area contributed by atoms with E-state index in [4.69, 9.17) is 14.7 Å². The van der Waals surface area contributed by atoms with Gasteiger partial charge in [-0.15, -0.1) is 0 Å². The third-order valence-electron chi connectivity index (χ3n) is 3.99. The van der Waals surface area contributed by atoms with Crippen molar-refractivity contribution in [2.75, 3.05) is 40.3 Å². The van der Waals surface area contributed by atoms with Gasteiger partial charge in [-0.25, -0.2) is 4.79 Å². The van der Waals surface area contributed by atoms with Crippen LogP contribution in [0.2, 0.25) is 0 Å². The number of likely N-dealkylation sites (N-methyl/N-ethyl adjacent to an activating group) is 2. The van der Waals surface area contributed by atoms with Crippen molar-refractivity contribution in [3.05, 3.63) is 35.9 Å². The summed E-state index contributed by atoms with van der Waals surface area (Å²) in [7, 11) is 3.28. The standard InChI is InChI=1S/C19H27N3O7/c1-20(9-8-18(25)26)14-17(21(2)10-11-23)22(29-13-12-24)19(27)28-15-16-6-4-3-5-7-16/h3-7,11-12,17H,8-10,13-15H2,1-2H3,(H,25,26). The van der Waals surface area contributed by atoms with Crippen molar-refractivity contribution in [3.8, 4) is 0 Å². The Morgan fingerprint density at radius 2 is 1.83 bits per heavy atom. The highest BCUT2D eigenvalue weighted by Crippen LogP contribution is 2.11. The number of ether oxygens (including phenoxy) is 1. The number of benzene rings is 1. The van der Waals surface area contributed by atoms with Crippen molar-refractivity contribution in [2.24, 2.45) is 0 Å². The predicted molar refractivity (Wildman–Crippen MR) is 103 cm³/mol. The minimum atomic E-state index is -0.953. The van der Waals surface area contributed by atoms with Gasteiger partial charge in [-0.3, -0.25) is 14.5 Å². The molecule has 0 aliphatic heterocycles. The van der Waals surface area contributed by atoms with Crippen LogP contribution in [-0.2, 0) is 30.6 Å². The van der Waals surface area contributed by atoms with Gasteiger partial charge in [-0.2, -0.15) is 5.06 Å². The molecule has 1 unspecified atom stereocenters. The van der Waals surface area contributed by atoms with E-state index in [0.29, 0.717) is 12.6 Å². The summed E-state index contributed by atoms with van der Waals surface area (Å²) in [5.41, 5.74) is 0.771. The highest BCUT2D eigenvalue weighted by Gasteiger charge is 2.31. The molecule has 1 aromatic carbocycles. The van der Waals surface area contributed by atoms with Crippen LogP contribution in [-0.4, -0.2) is 91.1 Å². The Kier molecular flexibility index (Phi) is 11.2. The Morgan fingerprint density at radius 1 is 1.14 bits per heavy atom. The molecule has 29 heavy (non-hydrogen) atoms. The second kappa shape index (κ2) is 13.4. The quantitative estimate of drug-likeness (QED) is 0.268. The molecule has 0 bridgehead atoms. The summed E-state index contributed by atoms with van der Waals surface area (Å²) in [6.45, 7) is -0.00703. The molecular weight excluding hydrogens is 382 g/mol. The third-order valence-corrected chi connectivity index (χ3v) is 3.99. The smallest absolute Gasteiger partial charge is 0.435 e. The van der Waals surface area contributed by atoms with Gasteiger partial charge in [0, 0.05) is 13.1 Å². The maximum absolute atomic E-state index is 12.7. The zero-order chi connectivity index (χ0) is 21.6. The molecule has 1 aromatic rings. The molecule has 1 rings (SSSR count). The number of carboxylic acids is 1. The van der Waals surface area contributed by atoms with Crippen LogP contribution in [0.4, 0.5) is 4.79 Å². The summed E-state index contributed by atoms with van der Waals surface area (Å²) in [4.78, 5) is 53.7. The molecule has 1 amide bonds. The fraction of sp³-hybridized carbons (Fsp3) is 0.474. The summed E-state index contributed by atoms with van der Waals surface area (Å²) in [5.74, 6) is -0.953. The molecular formula is C19H27N3O7. The molecule has 0 radical (unpaired) electrons. The summed E-state index contributed by atoms with van der Waals surface area (Å²) in [6, 6.07) is 9.03. The average molecular weight is 409 g/mol. The number of aliphatic carboxylic acids is 1. The first-order valence-corrected chi connectivity index (χ1v) is 8.99. The molecule has 1 atom stereocenters. The first-order chi connectivity index (χ1) is 13.9. The lowest BCUT2D eigenvalue weighted by Gasteiger charge is -2.36. The van der Waals surface area contributed by atoms with E-state index in [2.05, 4.69) is 0 Å². The molecule has 1 N–H and O–H groups in total. The molecule has 10 heteroatoms. The van der Waals surface area contributed by atoms with Crippen molar-refractivity contribution in [1.82, 2.24) is 14.9 Å². The topological polar surface area (TPSA) is 117 Å². The third kappa shape index (κ3) is 9.28. The van der Waals surface area contributed by atoms with Crippen molar-refractivity contribution < 1.29 is 33.9 Å². The van der Waals surface area contributed by atoms with E-state index in [1.165, 1.54) is 0 Å². The fourth-order valence-electron chi connectivity index (χ4n) is 2.44. The van der Waals surface area contributed by atoms with Crippen LogP contribution in [0.3, 0.4) is 0 Å². The van der Waals surface area contributed by atoms with Crippen molar-refractivity contribution in [1.29, 1.82) is 0 Å². The molecule has 160 valence electrons. The van der Waals surface area contributed by atoms with Gasteiger partial charge >= 0.3 is 12.1 Å². The second-order valence-corrected chi connectivity index (χ2v) is 6.32. The van der Waals surface area contributed by atoms with Crippen LogP contribution < -0.4 is 0 Å². The van der Waals surface area contributed by atoms with Crippen molar-refractivity contribution in [3.63, 3.8) is 0 Å². The maximum atomic E-state index is 12.7. The summed E-state index contributed by atoms with van der Waals surface area (Å²) in [6.07, 6.45) is -0.555. The van der Waals surface area contributed by atoms with E-state index in [9.17, 15) is 19.2 Å². The van der Waals surface area contributed by atoms with Gasteiger partial charge < -0.3 is 24.3 Å². The first-order valence-electron chi connectivity index (χ1n) is 8.99. The first kappa shape index (κ1) is 24.2. The SMILES string of the molecule is CN(CCC(=O)O)CC(N(C)CC=O)N(OCC=O)C(=O)OCc1ccccc1. The van der Waals surface area contributed by atoms with Crippen LogP contribution in [0, 0.1) is 0 Å². The van der Waals surface area contributed by atoms with Crippen molar-refractivity contribution >= 4 is 24.6 Å². The number of carboxylic acid groups (broad SMARTS) is 1. The van der Waals surface area contributed by atoms with Crippen LogP contribution >= 0.6 is 0 Å². The minimum Gasteiger partial charge on any atom is -0.481 e. The lowest BCUT2D eigenvalue weighted by molar-refractivity contribution is -0.192. The highest BCUT2D eigenvalue weighted by molar-refractivity contribution is 5.67. The number of hydrogen-bond donors (Lipinski definition) is 1. The van der Waals surface area contributed by atoms with Gasteiger partial charge in [0.05, 0.1) is 13.0 Å². The summed E-state index contributed by atoms with van der Waals surface area (Å²) in [5, 5.41) is 9.75. The number of hydrogen-bond acceptors (Lipinski definition) is 8. The largest absolute Gasteiger partial charge is 0.481 e. The zero-order valence-corrected chi connectivity index (χ0v) is 16.6. The van der Waals surface area contributed by atoms with E-state index in [0.717, 1.165) is 10.6 Å². The number of carbonyl (C=O) groups excluding carboxylic acids is 3. The Hall–Kier alpha value is -2.82. The second-order valence-electron chi connectivity index (χ2n) is 6.32. The Balaban J connectivity index is 2.92. The van der Waals surface area contributed by atoms with Crippen LogP contribution in [0.15, 0.2) is 30.3 Å². The number of aldehydes is 2. The number of nitrogens with zero attached hydrogens (tertiary/aromatic N) is 3. The van der Waals surface area contributed by atoms with Crippen LogP contribution in [0.5, 0.6) is 0 Å². The molecule has 0 saturated carbocycles. The molecule has 0 aliphatic carbocycles. The minimum absolute atomic E-state index is 0.000406. The van der Waals surface area contributed by atoms with E-state index >= 15 is 0 Å². The summed E-state index contributed by atoms with van der Waals surface area (Å²) >= 11 is 0. The molecule has 0 aromatic heterocycles. The van der Waals surface area contributed by atoms with Gasteiger partial charge in [-0.1, -0.05) is 30.3 Å². The highest BCUT2D eigenvalue weighted by atomic mass is 16.7. The lowest BCUT2D eigenvalue weighted by atomic mass is 10.2. The number of carbonyl (C=O) groups is 4. The fourth-order valence-corrected chi connectivity index (χ4v) is 2.44. The van der Waals surface area contributed by atoms with E-state index in [1.54, 1.807) is 36.0 Å². The summed E-state index contributed by atoms with van der Waals surface area (Å²) < 4.78 is 5.29. The molecule has 10 nitrogen and oxygen atoms in total. The average Bonchev–Trinajstić information content (AvgIpc) is 2.71. The van der Waals surface area contributed by atoms with Gasteiger partial charge in [0.25, 0.3) is 0 Å². The Bertz CT molecular complexity index is 656. The molecule has 0 saturated heterocycles. The van der Waals surface area contributed by atoms with E-state index < -0.39 is 18.2 Å². The number of hydroxylamine groups is 2. The van der Waals surface area contributed by atoms with Crippen LogP contribution in [0.1, 0.15) is 12.0 Å². The molecule has 0 aliphatic rings. The van der Waals surface area contributed by atoms with Gasteiger partial charge in [0.2, 0.25) is 0 Å². The normalized spacial score (nSPS) is 11.9. The van der Waals surface area contributed by atoms with Crippen LogP contribution in [0.25, 0.3) is 0 Å². The molecule has 0 spiro atoms. The molecule has 0 fully saturated rings. The monoisotopic (exact) mass is 409 g/mol. The van der Waals surface area contributed by atoms with Gasteiger partial charge in [0.15, 0.2) is 0 Å². The predicted octanol–water partition coefficient (Wildman–Crippen LogP) is 0.619. The van der Waals surface area contributed by atoms with E-state index in [1.807, 2.05) is 18.2 Å². The van der Waals surface area contributed by atoms with E-state index in [-0.39, 0.29) is 39.3 Å². The number of amides is 1. The van der Waals surface area contributed by atoms with Gasteiger partial charge in [-0.05, 0) is 19.7 Å².